The first-order valence-electron chi connectivity index (χ1n) is 9.95. The molecule has 2 heterocycles. The van der Waals surface area contributed by atoms with Crippen molar-refractivity contribution in [1.29, 1.82) is 0 Å². The summed E-state index contributed by atoms with van der Waals surface area (Å²) >= 11 is 1.36. The highest BCUT2D eigenvalue weighted by Crippen LogP contribution is 2.22. The van der Waals surface area contributed by atoms with Crippen molar-refractivity contribution < 1.29 is 4.79 Å². The minimum atomic E-state index is -0.267. The molecule has 0 saturated carbocycles. The number of nitrogens with zero attached hydrogens (tertiary/aromatic N) is 4. The van der Waals surface area contributed by atoms with Crippen LogP contribution in [0.15, 0.2) is 40.3 Å². The SMILES string of the molecule is CCCCn1c(SC(C)C(=O)N2CCN(Cc3ccccc3)CC2)n[nH]c1=O. The number of thioether (sulfide) groups is 1. The maximum absolute atomic E-state index is 12.9. The van der Waals surface area contributed by atoms with Crippen molar-refractivity contribution in [3.05, 3.63) is 46.4 Å². The largest absolute Gasteiger partial charge is 0.343 e. The third kappa shape index (κ3) is 5.26. The Hall–Kier alpha value is -2.06. The summed E-state index contributed by atoms with van der Waals surface area (Å²) in [6.07, 6.45) is 1.92. The lowest BCUT2D eigenvalue weighted by Gasteiger charge is -2.35. The highest BCUT2D eigenvalue weighted by molar-refractivity contribution is 8.00. The van der Waals surface area contributed by atoms with E-state index in [1.807, 2.05) is 17.9 Å². The van der Waals surface area contributed by atoms with Gasteiger partial charge in [0.25, 0.3) is 0 Å². The summed E-state index contributed by atoms with van der Waals surface area (Å²) in [4.78, 5) is 29.1. The monoisotopic (exact) mass is 403 g/mol. The molecule has 1 saturated heterocycles. The molecular weight excluding hydrogens is 374 g/mol. The molecule has 1 unspecified atom stereocenters. The number of carbonyl (C=O) groups is 1. The van der Waals surface area contributed by atoms with Gasteiger partial charge in [0.05, 0.1) is 5.25 Å². The molecule has 28 heavy (non-hydrogen) atoms. The third-order valence-electron chi connectivity index (χ3n) is 5.02. The molecule has 1 aliphatic heterocycles. The van der Waals surface area contributed by atoms with Gasteiger partial charge in [-0.1, -0.05) is 55.4 Å². The molecule has 1 amide bonds. The van der Waals surface area contributed by atoms with Crippen molar-refractivity contribution in [2.24, 2.45) is 0 Å². The average Bonchev–Trinajstić information content (AvgIpc) is 3.06. The molecule has 0 spiro atoms. The highest BCUT2D eigenvalue weighted by atomic mass is 32.2. The zero-order chi connectivity index (χ0) is 19.9. The molecule has 3 rings (SSSR count). The molecule has 0 bridgehead atoms. The van der Waals surface area contributed by atoms with Crippen molar-refractivity contribution in [1.82, 2.24) is 24.6 Å². The summed E-state index contributed by atoms with van der Waals surface area (Å²) in [6, 6.07) is 10.4. The normalized spacial score (nSPS) is 16.3. The van der Waals surface area contributed by atoms with Crippen molar-refractivity contribution in [3.63, 3.8) is 0 Å². The van der Waals surface area contributed by atoms with Gasteiger partial charge >= 0.3 is 5.69 Å². The number of piperazine rings is 1. The van der Waals surface area contributed by atoms with Crippen LogP contribution in [0.4, 0.5) is 0 Å². The van der Waals surface area contributed by atoms with Crippen LogP contribution in [0.1, 0.15) is 32.3 Å². The van der Waals surface area contributed by atoms with Gasteiger partial charge in [0.2, 0.25) is 5.91 Å². The van der Waals surface area contributed by atoms with Crippen molar-refractivity contribution in [3.8, 4) is 0 Å². The summed E-state index contributed by atoms with van der Waals surface area (Å²) in [6.45, 7) is 8.76. The summed E-state index contributed by atoms with van der Waals surface area (Å²) < 4.78 is 1.63. The average molecular weight is 404 g/mol. The molecule has 0 radical (unpaired) electrons. The van der Waals surface area contributed by atoms with Crippen molar-refractivity contribution in [2.75, 3.05) is 26.2 Å². The van der Waals surface area contributed by atoms with E-state index in [9.17, 15) is 9.59 Å². The molecule has 1 fully saturated rings. The van der Waals surface area contributed by atoms with Gasteiger partial charge in [0.1, 0.15) is 0 Å². The fourth-order valence-corrected chi connectivity index (χ4v) is 4.31. The van der Waals surface area contributed by atoms with Gasteiger partial charge in [-0.05, 0) is 18.9 Å². The van der Waals surface area contributed by atoms with Gasteiger partial charge in [-0.3, -0.25) is 14.3 Å². The quantitative estimate of drug-likeness (QED) is 0.684. The number of amides is 1. The van der Waals surface area contributed by atoms with E-state index in [2.05, 4.69) is 46.3 Å². The van der Waals surface area contributed by atoms with E-state index >= 15 is 0 Å². The number of unbranched alkanes of at least 4 members (excludes halogenated alkanes) is 1. The number of aromatic amines is 1. The first-order chi connectivity index (χ1) is 13.6. The number of nitrogens with one attached hydrogen (secondary N) is 1. The molecule has 7 nitrogen and oxygen atoms in total. The third-order valence-corrected chi connectivity index (χ3v) is 6.10. The second-order valence-electron chi connectivity index (χ2n) is 7.16. The van der Waals surface area contributed by atoms with Gasteiger partial charge in [-0.25, -0.2) is 9.89 Å². The summed E-state index contributed by atoms with van der Waals surface area (Å²) in [5.41, 5.74) is 1.10. The molecule has 1 N–H and O–H groups in total. The molecule has 1 atom stereocenters. The van der Waals surface area contributed by atoms with Crippen LogP contribution in [-0.2, 0) is 17.9 Å². The van der Waals surface area contributed by atoms with Crippen LogP contribution < -0.4 is 5.69 Å². The Morgan fingerprint density at radius 3 is 2.61 bits per heavy atom. The van der Waals surface area contributed by atoms with E-state index in [1.165, 1.54) is 17.3 Å². The van der Waals surface area contributed by atoms with E-state index in [-0.39, 0.29) is 16.8 Å². The van der Waals surface area contributed by atoms with Gasteiger partial charge in [-0.2, -0.15) is 0 Å². The summed E-state index contributed by atoms with van der Waals surface area (Å²) in [5.74, 6) is 0.113. The van der Waals surface area contributed by atoms with Gasteiger partial charge in [0.15, 0.2) is 5.16 Å². The zero-order valence-corrected chi connectivity index (χ0v) is 17.5. The highest BCUT2D eigenvalue weighted by Gasteiger charge is 2.27. The predicted molar refractivity (Wildman–Crippen MR) is 111 cm³/mol. The first kappa shape index (κ1) is 20.7. The van der Waals surface area contributed by atoms with E-state index in [0.717, 1.165) is 45.6 Å². The van der Waals surface area contributed by atoms with Crippen LogP contribution in [0.2, 0.25) is 0 Å². The number of benzene rings is 1. The molecule has 0 aliphatic carbocycles. The maximum atomic E-state index is 12.9. The first-order valence-corrected chi connectivity index (χ1v) is 10.8. The number of carbonyl (C=O) groups excluding carboxylic acids is 1. The van der Waals surface area contributed by atoms with E-state index in [4.69, 9.17) is 0 Å². The van der Waals surface area contributed by atoms with Crippen LogP contribution in [0, 0.1) is 0 Å². The summed E-state index contributed by atoms with van der Waals surface area (Å²) in [5, 5.41) is 6.94. The molecule has 152 valence electrons. The lowest BCUT2D eigenvalue weighted by atomic mass is 10.2. The molecule has 2 aromatic rings. The Morgan fingerprint density at radius 2 is 1.93 bits per heavy atom. The topological polar surface area (TPSA) is 74.2 Å². The van der Waals surface area contributed by atoms with E-state index < -0.39 is 0 Å². The van der Waals surface area contributed by atoms with Crippen LogP contribution >= 0.6 is 11.8 Å². The van der Waals surface area contributed by atoms with Gasteiger partial charge in [-0.15, -0.1) is 5.10 Å². The lowest BCUT2D eigenvalue weighted by molar-refractivity contribution is -0.132. The van der Waals surface area contributed by atoms with Crippen LogP contribution in [0.5, 0.6) is 0 Å². The fraction of sp³-hybridized carbons (Fsp3) is 0.550. The maximum Gasteiger partial charge on any atom is 0.343 e. The molecule has 1 aromatic carbocycles. The second kappa shape index (κ2) is 9.93. The second-order valence-corrected chi connectivity index (χ2v) is 8.47. The number of aromatic nitrogens is 3. The molecule has 1 aromatic heterocycles. The number of H-pyrrole nitrogens is 1. The Labute approximate surface area is 170 Å². The smallest absolute Gasteiger partial charge is 0.339 e. The van der Waals surface area contributed by atoms with Crippen LogP contribution in [0.3, 0.4) is 0 Å². The predicted octanol–water partition coefficient (Wildman–Crippen LogP) is 2.20. The summed E-state index contributed by atoms with van der Waals surface area (Å²) in [7, 11) is 0. The minimum absolute atomic E-state index is 0.113. The lowest BCUT2D eigenvalue weighted by Crippen LogP contribution is -2.50. The Morgan fingerprint density at radius 1 is 1.21 bits per heavy atom. The Bertz CT molecular complexity index is 812. The number of hydrogen-bond donors (Lipinski definition) is 1. The van der Waals surface area contributed by atoms with E-state index in [0.29, 0.717) is 11.7 Å². The van der Waals surface area contributed by atoms with Crippen molar-refractivity contribution in [2.45, 2.75) is 50.2 Å². The Balaban J connectivity index is 1.51. The number of rotatable bonds is 8. The minimum Gasteiger partial charge on any atom is -0.339 e. The Kier molecular flexibility index (Phi) is 7.33. The molecule has 8 heteroatoms. The van der Waals surface area contributed by atoms with Crippen LogP contribution in [-0.4, -0.2) is 61.9 Å². The fourth-order valence-electron chi connectivity index (χ4n) is 3.34. The van der Waals surface area contributed by atoms with Gasteiger partial charge < -0.3 is 4.90 Å². The number of hydrogen-bond acceptors (Lipinski definition) is 5. The van der Waals surface area contributed by atoms with Crippen LogP contribution in [0.25, 0.3) is 0 Å². The molecular formula is C20H29N5O2S. The van der Waals surface area contributed by atoms with E-state index in [1.54, 1.807) is 4.57 Å². The van der Waals surface area contributed by atoms with Crippen molar-refractivity contribution >= 4 is 17.7 Å². The zero-order valence-electron chi connectivity index (χ0n) is 16.6. The molecule has 1 aliphatic rings. The van der Waals surface area contributed by atoms with Gasteiger partial charge in [0, 0.05) is 39.3 Å². The standard InChI is InChI=1S/C20H29N5O2S/c1-3-4-10-25-19(27)21-22-20(25)28-16(2)18(26)24-13-11-23(12-14-24)15-17-8-6-5-7-9-17/h5-9,16H,3-4,10-15H2,1-2H3,(H,21,27).